The van der Waals surface area contributed by atoms with E-state index in [0.29, 0.717) is 31.0 Å². The van der Waals surface area contributed by atoms with E-state index < -0.39 is 11.6 Å². The van der Waals surface area contributed by atoms with Crippen molar-refractivity contribution in [3.8, 4) is 5.75 Å². The highest BCUT2D eigenvalue weighted by Gasteiger charge is 2.35. The van der Waals surface area contributed by atoms with Crippen molar-refractivity contribution >= 4 is 27.4 Å². The van der Waals surface area contributed by atoms with E-state index in [1.54, 1.807) is 12.1 Å². The van der Waals surface area contributed by atoms with Gasteiger partial charge in [-0.25, -0.2) is 13.2 Å². The third-order valence-corrected chi connectivity index (χ3v) is 8.10. The van der Waals surface area contributed by atoms with Crippen molar-refractivity contribution in [2.75, 3.05) is 26.2 Å². The molecule has 1 aliphatic carbocycles. The van der Waals surface area contributed by atoms with Crippen LogP contribution in [-0.2, 0) is 17.6 Å². The third kappa shape index (κ3) is 6.96. The van der Waals surface area contributed by atoms with Crippen molar-refractivity contribution in [2.45, 2.75) is 44.6 Å². The molecule has 5 rings (SSSR count). The van der Waals surface area contributed by atoms with Crippen LogP contribution in [0, 0.1) is 17.5 Å². The lowest BCUT2D eigenvalue weighted by molar-refractivity contribution is -0.127. The zero-order valence-electron chi connectivity index (χ0n) is 22.2. The maximum Gasteiger partial charge on any atom is 0.251 e. The zero-order valence-corrected chi connectivity index (χ0v) is 23.8. The Morgan fingerprint density at radius 2 is 1.82 bits per heavy atom. The van der Waals surface area contributed by atoms with Gasteiger partial charge in [0, 0.05) is 30.8 Å². The summed E-state index contributed by atoms with van der Waals surface area (Å²) in [6, 6.07) is 17.0. The number of hydrogen-bond acceptors (Lipinski definition) is 3. The second-order valence-corrected chi connectivity index (χ2v) is 11.2. The summed E-state index contributed by atoms with van der Waals surface area (Å²) in [7, 11) is 0. The Bertz CT molecular complexity index is 1390. The summed E-state index contributed by atoms with van der Waals surface area (Å²) in [4.78, 5) is 15.6. The van der Waals surface area contributed by atoms with E-state index in [2.05, 4.69) is 45.5 Å². The fraction of sp³-hybridized carbons (Fsp3) is 0.344. The lowest BCUT2D eigenvalue weighted by atomic mass is 9.92. The van der Waals surface area contributed by atoms with Gasteiger partial charge in [0.05, 0.1) is 11.1 Å². The first kappa shape index (κ1) is 28.4. The van der Waals surface area contributed by atoms with Crippen LogP contribution in [0.25, 0.3) is 5.57 Å². The van der Waals surface area contributed by atoms with E-state index >= 15 is 0 Å². The van der Waals surface area contributed by atoms with Gasteiger partial charge in [-0.15, -0.1) is 0 Å². The number of carbonyl (C=O) groups is 1. The fourth-order valence-electron chi connectivity index (χ4n) is 5.12. The maximum absolute atomic E-state index is 14.2. The van der Waals surface area contributed by atoms with Crippen molar-refractivity contribution in [3.63, 3.8) is 0 Å². The van der Waals surface area contributed by atoms with Crippen molar-refractivity contribution < 1.29 is 22.7 Å². The summed E-state index contributed by atoms with van der Waals surface area (Å²) < 4.78 is 47.8. The van der Waals surface area contributed by atoms with Gasteiger partial charge in [0.15, 0.2) is 11.6 Å². The number of aryl methyl sites for hydroxylation is 1. The number of nitrogens with zero attached hydrogens (tertiary/aromatic N) is 1. The van der Waals surface area contributed by atoms with Crippen molar-refractivity contribution in [2.24, 2.45) is 0 Å². The second-order valence-electron chi connectivity index (χ2n) is 10.3. The summed E-state index contributed by atoms with van der Waals surface area (Å²) >= 11 is 3.38. The average molecular weight is 614 g/mol. The van der Waals surface area contributed by atoms with Crippen LogP contribution in [0.1, 0.15) is 42.4 Å². The largest absolute Gasteiger partial charge is 0.492 e. The monoisotopic (exact) mass is 612 g/mol. The highest BCUT2D eigenvalue weighted by molar-refractivity contribution is 9.10. The summed E-state index contributed by atoms with van der Waals surface area (Å²) in [5, 5.41) is 3.33. The van der Waals surface area contributed by atoms with Gasteiger partial charge < -0.3 is 15.0 Å². The van der Waals surface area contributed by atoms with E-state index in [1.165, 1.54) is 18.2 Å². The Morgan fingerprint density at radius 3 is 2.60 bits per heavy atom. The molecule has 0 aromatic heterocycles. The van der Waals surface area contributed by atoms with Gasteiger partial charge in [-0.2, -0.15) is 0 Å². The molecule has 1 saturated carbocycles. The van der Waals surface area contributed by atoms with Crippen LogP contribution >= 0.6 is 15.9 Å². The molecule has 8 heteroatoms. The predicted molar refractivity (Wildman–Crippen MR) is 154 cm³/mol. The summed E-state index contributed by atoms with van der Waals surface area (Å²) in [5.41, 5.74) is 4.26. The summed E-state index contributed by atoms with van der Waals surface area (Å²) in [6.07, 6.45) is 4.47. The lowest BCUT2D eigenvalue weighted by Crippen LogP contribution is -2.40. The standard InChI is InChI=1S/C32H32BrF3N2O2/c33-28-13-10-24(34)19-30(28)40-18-2-3-21-6-8-22(9-7-21)26-14-16-37-20-27(26)32(39)38(25-11-12-25)17-15-23-4-1-5-29(35)31(23)36/h1,4-10,13,19,25,37H,2-3,11-12,14-18,20H2. The first-order chi connectivity index (χ1) is 19.4. The van der Waals surface area contributed by atoms with Gasteiger partial charge in [0.25, 0.3) is 5.91 Å². The molecule has 3 aromatic rings. The third-order valence-electron chi connectivity index (χ3n) is 7.44. The topological polar surface area (TPSA) is 41.6 Å². The summed E-state index contributed by atoms with van der Waals surface area (Å²) in [5.74, 6) is -1.56. The van der Waals surface area contributed by atoms with E-state index in [4.69, 9.17) is 4.74 Å². The van der Waals surface area contributed by atoms with Gasteiger partial charge in [0.1, 0.15) is 11.6 Å². The molecule has 1 N–H and O–H groups in total. The number of hydrogen-bond donors (Lipinski definition) is 1. The molecule has 40 heavy (non-hydrogen) atoms. The molecule has 0 unspecified atom stereocenters. The first-order valence-corrected chi connectivity index (χ1v) is 14.5. The maximum atomic E-state index is 14.2. The van der Waals surface area contributed by atoms with Gasteiger partial charge in [0.2, 0.25) is 0 Å². The molecule has 0 saturated heterocycles. The van der Waals surface area contributed by atoms with Gasteiger partial charge >= 0.3 is 0 Å². The van der Waals surface area contributed by atoms with Crippen LogP contribution in [0.5, 0.6) is 5.75 Å². The van der Waals surface area contributed by atoms with E-state index in [0.717, 1.165) is 71.5 Å². The number of halogens is 4. The normalized spacial score (nSPS) is 15.3. The molecule has 0 radical (unpaired) electrons. The minimum Gasteiger partial charge on any atom is -0.492 e. The second kappa shape index (κ2) is 13.0. The Hall–Kier alpha value is -3.10. The quantitative estimate of drug-likeness (QED) is 0.241. The molecule has 0 spiro atoms. The molecular formula is C32H32BrF3N2O2. The lowest BCUT2D eigenvalue weighted by Gasteiger charge is -2.28. The first-order valence-electron chi connectivity index (χ1n) is 13.7. The van der Waals surface area contributed by atoms with Gasteiger partial charge in [-0.05, 0) is 101 Å². The zero-order chi connectivity index (χ0) is 28.1. The smallest absolute Gasteiger partial charge is 0.251 e. The Labute approximate surface area is 241 Å². The molecule has 3 aromatic carbocycles. The Balaban J connectivity index is 1.23. The average Bonchev–Trinajstić information content (AvgIpc) is 3.81. The molecule has 1 aliphatic heterocycles. The van der Waals surface area contributed by atoms with Crippen molar-refractivity contribution in [3.05, 3.63) is 105 Å². The van der Waals surface area contributed by atoms with Crippen molar-refractivity contribution in [1.29, 1.82) is 0 Å². The Morgan fingerprint density at radius 1 is 1.02 bits per heavy atom. The van der Waals surface area contributed by atoms with Gasteiger partial charge in [-0.3, -0.25) is 4.79 Å². The van der Waals surface area contributed by atoms with Gasteiger partial charge in [-0.1, -0.05) is 36.4 Å². The number of benzene rings is 3. The minimum atomic E-state index is -0.862. The van der Waals surface area contributed by atoms with Crippen LogP contribution < -0.4 is 10.1 Å². The molecule has 1 fully saturated rings. The molecule has 0 atom stereocenters. The van der Waals surface area contributed by atoms with Crippen LogP contribution in [0.3, 0.4) is 0 Å². The van der Waals surface area contributed by atoms with Crippen molar-refractivity contribution in [1.82, 2.24) is 10.2 Å². The number of amides is 1. The number of nitrogens with one attached hydrogen (secondary N) is 1. The molecule has 0 bridgehead atoms. The molecular weight excluding hydrogens is 581 g/mol. The SMILES string of the molecule is O=C(C1=C(c2ccc(CCCOc3cc(F)ccc3Br)cc2)CCNC1)N(CCc1cccc(F)c1F)C1CC1. The molecule has 1 amide bonds. The van der Waals surface area contributed by atoms with E-state index in [1.807, 2.05) is 4.90 Å². The number of rotatable bonds is 11. The Kier molecular flexibility index (Phi) is 9.27. The number of ether oxygens (including phenoxy) is 1. The minimum absolute atomic E-state index is 0.0220. The molecule has 4 nitrogen and oxygen atoms in total. The highest BCUT2D eigenvalue weighted by atomic mass is 79.9. The van der Waals surface area contributed by atoms with E-state index in [-0.39, 0.29) is 24.2 Å². The van der Waals surface area contributed by atoms with E-state index in [9.17, 15) is 18.0 Å². The predicted octanol–water partition coefficient (Wildman–Crippen LogP) is 6.86. The van der Waals surface area contributed by atoms with Crippen LogP contribution in [0.4, 0.5) is 13.2 Å². The molecule has 210 valence electrons. The number of carbonyl (C=O) groups excluding carboxylic acids is 1. The summed E-state index contributed by atoms with van der Waals surface area (Å²) in [6.45, 7) is 2.10. The van der Waals surface area contributed by atoms with Crippen LogP contribution in [0.15, 0.2) is 70.7 Å². The van der Waals surface area contributed by atoms with Crippen LogP contribution in [-0.4, -0.2) is 43.1 Å². The fourth-order valence-corrected chi connectivity index (χ4v) is 5.48. The molecule has 2 aliphatic rings. The molecule has 1 heterocycles. The highest BCUT2D eigenvalue weighted by Crippen LogP contribution is 2.32. The van der Waals surface area contributed by atoms with Crippen LogP contribution in [0.2, 0.25) is 0 Å².